The molecule has 0 saturated carbocycles. The highest BCUT2D eigenvalue weighted by Gasteiger charge is 2.40. The molecule has 1 atom stereocenters. The number of halogens is 1. The molecule has 4 heteroatoms. The SMILES string of the molecule is CCCC1(C(=O)Nc2cccc(Cl)c2)CCNC1. The summed E-state index contributed by atoms with van der Waals surface area (Å²) in [7, 11) is 0. The van der Waals surface area contributed by atoms with Gasteiger partial charge < -0.3 is 10.6 Å². The molecule has 1 saturated heterocycles. The van der Waals surface area contributed by atoms with Crippen LogP contribution in [-0.2, 0) is 4.79 Å². The molecule has 2 N–H and O–H groups in total. The number of amides is 1. The number of hydrogen-bond donors (Lipinski definition) is 2. The Balaban J connectivity index is 2.10. The first kappa shape index (κ1) is 13.4. The normalized spacial score (nSPS) is 23.0. The summed E-state index contributed by atoms with van der Waals surface area (Å²) in [5.74, 6) is 0.108. The second-order valence-electron chi connectivity index (χ2n) is 4.92. The highest BCUT2D eigenvalue weighted by Crippen LogP contribution is 2.32. The quantitative estimate of drug-likeness (QED) is 0.879. The lowest BCUT2D eigenvalue weighted by molar-refractivity contribution is -0.125. The summed E-state index contributed by atoms with van der Waals surface area (Å²) in [4.78, 5) is 12.4. The van der Waals surface area contributed by atoms with Gasteiger partial charge >= 0.3 is 0 Å². The van der Waals surface area contributed by atoms with Crippen LogP contribution < -0.4 is 10.6 Å². The molecular formula is C14H19ClN2O. The first-order valence-electron chi connectivity index (χ1n) is 6.44. The zero-order valence-electron chi connectivity index (χ0n) is 10.6. The molecule has 1 aromatic carbocycles. The van der Waals surface area contributed by atoms with Gasteiger partial charge in [0.25, 0.3) is 0 Å². The van der Waals surface area contributed by atoms with E-state index in [0.717, 1.165) is 38.0 Å². The Morgan fingerprint density at radius 2 is 2.39 bits per heavy atom. The van der Waals surface area contributed by atoms with E-state index < -0.39 is 0 Å². The van der Waals surface area contributed by atoms with E-state index in [1.807, 2.05) is 12.1 Å². The van der Waals surface area contributed by atoms with Gasteiger partial charge in [0, 0.05) is 17.3 Å². The highest BCUT2D eigenvalue weighted by atomic mass is 35.5. The molecule has 3 nitrogen and oxygen atoms in total. The Morgan fingerprint density at radius 1 is 1.56 bits per heavy atom. The van der Waals surface area contributed by atoms with Crippen LogP contribution in [0.1, 0.15) is 26.2 Å². The molecule has 0 radical (unpaired) electrons. The maximum atomic E-state index is 12.4. The van der Waals surface area contributed by atoms with Crippen molar-refractivity contribution < 1.29 is 4.79 Å². The van der Waals surface area contributed by atoms with Gasteiger partial charge in [-0.3, -0.25) is 4.79 Å². The summed E-state index contributed by atoms with van der Waals surface area (Å²) in [6, 6.07) is 7.29. The van der Waals surface area contributed by atoms with Crippen molar-refractivity contribution in [2.45, 2.75) is 26.2 Å². The standard InChI is InChI=1S/C14H19ClN2O/c1-2-6-14(7-8-16-10-14)13(18)17-12-5-3-4-11(15)9-12/h3-5,9,16H,2,6-8,10H2,1H3,(H,17,18). The van der Waals surface area contributed by atoms with Crippen LogP contribution in [0, 0.1) is 5.41 Å². The molecule has 2 rings (SSSR count). The minimum absolute atomic E-state index is 0.108. The zero-order valence-corrected chi connectivity index (χ0v) is 11.4. The van der Waals surface area contributed by atoms with Crippen molar-refractivity contribution >= 4 is 23.2 Å². The Morgan fingerprint density at radius 3 is 3.00 bits per heavy atom. The van der Waals surface area contributed by atoms with Crippen LogP contribution in [0.3, 0.4) is 0 Å². The Labute approximate surface area is 113 Å². The van der Waals surface area contributed by atoms with E-state index in [1.54, 1.807) is 12.1 Å². The molecule has 1 aliphatic rings. The lowest BCUT2D eigenvalue weighted by Gasteiger charge is -2.26. The number of nitrogens with one attached hydrogen (secondary N) is 2. The van der Waals surface area contributed by atoms with Gasteiger partial charge in [0.2, 0.25) is 5.91 Å². The molecule has 1 fully saturated rings. The molecule has 0 aromatic heterocycles. The summed E-state index contributed by atoms with van der Waals surface area (Å²) in [6.07, 6.45) is 2.85. The molecule has 0 bridgehead atoms. The summed E-state index contributed by atoms with van der Waals surface area (Å²) in [6.45, 7) is 3.81. The van der Waals surface area contributed by atoms with Crippen LogP contribution in [0.5, 0.6) is 0 Å². The van der Waals surface area contributed by atoms with Gasteiger partial charge in [-0.2, -0.15) is 0 Å². The van der Waals surface area contributed by atoms with Crippen molar-refractivity contribution in [3.63, 3.8) is 0 Å². The van der Waals surface area contributed by atoms with Crippen molar-refractivity contribution in [2.75, 3.05) is 18.4 Å². The predicted octanol–water partition coefficient (Wildman–Crippen LogP) is 3.06. The third kappa shape index (κ3) is 2.85. The molecule has 1 heterocycles. The Bertz CT molecular complexity index is 428. The van der Waals surface area contributed by atoms with E-state index in [-0.39, 0.29) is 11.3 Å². The summed E-state index contributed by atoms with van der Waals surface area (Å²) in [5, 5.41) is 6.92. The van der Waals surface area contributed by atoms with E-state index in [4.69, 9.17) is 11.6 Å². The Kier molecular flexibility index (Phi) is 4.25. The predicted molar refractivity (Wildman–Crippen MR) is 74.9 cm³/mol. The summed E-state index contributed by atoms with van der Waals surface area (Å²) < 4.78 is 0. The highest BCUT2D eigenvalue weighted by molar-refractivity contribution is 6.30. The number of hydrogen-bond acceptors (Lipinski definition) is 2. The van der Waals surface area contributed by atoms with Crippen LogP contribution in [0.15, 0.2) is 24.3 Å². The number of benzene rings is 1. The zero-order chi connectivity index (χ0) is 13.0. The number of rotatable bonds is 4. The van der Waals surface area contributed by atoms with Crippen molar-refractivity contribution in [2.24, 2.45) is 5.41 Å². The smallest absolute Gasteiger partial charge is 0.231 e. The van der Waals surface area contributed by atoms with Crippen LogP contribution >= 0.6 is 11.6 Å². The number of carbonyl (C=O) groups excluding carboxylic acids is 1. The number of carbonyl (C=O) groups is 1. The molecule has 0 aliphatic carbocycles. The molecule has 98 valence electrons. The maximum Gasteiger partial charge on any atom is 0.231 e. The monoisotopic (exact) mass is 266 g/mol. The van der Waals surface area contributed by atoms with Gasteiger partial charge in [-0.25, -0.2) is 0 Å². The lowest BCUT2D eigenvalue weighted by atomic mass is 9.81. The summed E-state index contributed by atoms with van der Waals surface area (Å²) >= 11 is 5.92. The fraction of sp³-hybridized carbons (Fsp3) is 0.500. The van der Waals surface area contributed by atoms with E-state index >= 15 is 0 Å². The largest absolute Gasteiger partial charge is 0.326 e. The molecule has 1 aromatic rings. The van der Waals surface area contributed by atoms with Gasteiger partial charge in [-0.15, -0.1) is 0 Å². The topological polar surface area (TPSA) is 41.1 Å². The minimum Gasteiger partial charge on any atom is -0.326 e. The van der Waals surface area contributed by atoms with Crippen molar-refractivity contribution in [1.82, 2.24) is 5.32 Å². The minimum atomic E-state index is -0.253. The third-order valence-electron chi connectivity index (χ3n) is 3.54. The first-order valence-corrected chi connectivity index (χ1v) is 6.82. The van der Waals surface area contributed by atoms with E-state index in [1.165, 1.54) is 0 Å². The number of anilines is 1. The maximum absolute atomic E-state index is 12.4. The van der Waals surface area contributed by atoms with E-state index in [9.17, 15) is 4.79 Å². The van der Waals surface area contributed by atoms with E-state index in [2.05, 4.69) is 17.6 Å². The van der Waals surface area contributed by atoms with Gasteiger partial charge in [0.15, 0.2) is 0 Å². The van der Waals surface area contributed by atoms with Gasteiger partial charge in [0.1, 0.15) is 0 Å². The first-order chi connectivity index (χ1) is 8.66. The summed E-state index contributed by atoms with van der Waals surface area (Å²) in [5.41, 5.74) is 0.520. The van der Waals surface area contributed by atoms with Crippen LogP contribution in [0.4, 0.5) is 5.69 Å². The molecule has 18 heavy (non-hydrogen) atoms. The average molecular weight is 267 g/mol. The van der Waals surface area contributed by atoms with Gasteiger partial charge in [0.05, 0.1) is 5.41 Å². The van der Waals surface area contributed by atoms with Crippen molar-refractivity contribution in [1.29, 1.82) is 0 Å². The third-order valence-corrected chi connectivity index (χ3v) is 3.77. The van der Waals surface area contributed by atoms with Crippen LogP contribution in [0.2, 0.25) is 5.02 Å². The second kappa shape index (κ2) is 5.72. The van der Waals surface area contributed by atoms with Gasteiger partial charge in [-0.05, 0) is 37.6 Å². The lowest BCUT2D eigenvalue weighted by Crippen LogP contribution is -2.38. The van der Waals surface area contributed by atoms with Crippen molar-refractivity contribution in [3.8, 4) is 0 Å². The van der Waals surface area contributed by atoms with E-state index in [0.29, 0.717) is 5.02 Å². The molecule has 1 unspecified atom stereocenters. The second-order valence-corrected chi connectivity index (χ2v) is 5.36. The fourth-order valence-corrected chi connectivity index (χ4v) is 2.76. The molecular weight excluding hydrogens is 248 g/mol. The Hall–Kier alpha value is -1.06. The molecule has 1 amide bonds. The molecule has 1 aliphatic heterocycles. The molecule has 0 spiro atoms. The van der Waals surface area contributed by atoms with Gasteiger partial charge in [-0.1, -0.05) is 31.0 Å². The van der Waals surface area contributed by atoms with Crippen LogP contribution in [0.25, 0.3) is 0 Å². The average Bonchev–Trinajstić information content (AvgIpc) is 2.79. The van der Waals surface area contributed by atoms with Crippen molar-refractivity contribution in [3.05, 3.63) is 29.3 Å². The van der Waals surface area contributed by atoms with Crippen LogP contribution in [-0.4, -0.2) is 19.0 Å². The fourth-order valence-electron chi connectivity index (χ4n) is 2.57.